The molecule has 0 saturated carbocycles. The van der Waals surface area contributed by atoms with Crippen LogP contribution in [0.3, 0.4) is 0 Å². The molecule has 0 spiro atoms. The first-order valence-electron chi connectivity index (χ1n) is 11.1. The van der Waals surface area contributed by atoms with Gasteiger partial charge >= 0.3 is 0 Å². The molecule has 1 aromatic heterocycles. The summed E-state index contributed by atoms with van der Waals surface area (Å²) in [6.07, 6.45) is 0.828. The van der Waals surface area contributed by atoms with Crippen molar-refractivity contribution < 1.29 is 18.7 Å². The van der Waals surface area contributed by atoms with Crippen LogP contribution in [0.1, 0.15) is 22.4 Å². The van der Waals surface area contributed by atoms with Gasteiger partial charge in [-0.15, -0.1) is 0 Å². The lowest BCUT2D eigenvalue weighted by Gasteiger charge is -2.18. The van der Waals surface area contributed by atoms with E-state index in [2.05, 4.69) is 4.98 Å². The van der Waals surface area contributed by atoms with Gasteiger partial charge in [-0.1, -0.05) is 36.0 Å². The van der Waals surface area contributed by atoms with E-state index in [0.717, 1.165) is 5.56 Å². The molecule has 0 unspecified atom stereocenters. The summed E-state index contributed by atoms with van der Waals surface area (Å²) in [7, 11) is 6.54. The van der Waals surface area contributed by atoms with Crippen LogP contribution in [-0.2, 0) is 24.7 Å². The number of aryl methyl sites for hydroxylation is 1. The van der Waals surface area contributed by atoms with Gasteiger partial charge in [-0.25, -0.2) is 9.37 Å². The van der Waals surface area contributed by atoms with Crippen LogP contribution in [-0.4, -0.2) is 53.9 Å². The van der Waals surface area contributed by atoms with Crippen LogP contribution >= 0.6 is 11.8 Å². The van der Waals surface area contributed by atoms with Gasteiger partial charge in [0, 0.05) is 38.3 Å². The predicted molar refractivity (Wildman–Crippen MR) is 135 cm³/mol. The lowest BCUT2D eigenvalue weighted by molar-refractivity contribution is -0.127. The van der Waals surface area contributed by atoms with Crippen molar-refractivity contribution in [2.75, 3.05) is 33.6 Å². The van der Waals surface area contributed by atoms with E-state index in [1.54, 1.807) is 58.3 Å². The summed E-state index contributed by atoms with van der Waals surface area (Å²) in [6, 6.07) is 12.1. The highest BCUT2D eigenvalue weighted by Gasteiger charge is 2.17. The molecule has 0 radical (unpaired) electrons. The fourth-order valence-electron chi connectivity index (χ4n) is 3.59. The second-order valence-electron chi connectivity index (χ2n) is 8.13. The third kappa shape index (κ3) is 6.42. The smallest absolute Gasteiger partial charge is 0.257 e. The number of halogens is 1. The first-order chi connectivity index (χ1) is 16.7. The Hall–Kier alpha value is -3.33. The number of ether oxygens (including phenoxy) is 2. The highest BCUT2D eigenvalue weighted by Crippen LogP contribution is 2.27. The Morgan fingerprint density at radius 1 is 1.14 bits per heavy atom. The summed E-state index contributed by atoms with van der Waals surface area (Å²) in [4.78, 5) is 31.8. The summed E-state index contributed by atoms with van der Waals surface area (Å²) in [5.74, 6) is 1.03. The third-order valence-electron chi connectivity index (χ3n) is 5.81. The molecule has 2 aromatic carbocycles. The Morgan fingerprint density at radius 2 is 1.86 bits per heavy atom. The number of hydrogen-bond donors (Lipinski definition) is 0. The van der Waals surface area contributed by atoms with Gasteiger partial charge in [0.25, 0.3) is 5.56 Å². The standard InChI is InChI=1S/C26H30FN3O4S/c1-17-20(15-19-8-6-7-9-21(19)27)25(32)30(3)26(28-17)35-16-24(31)29(2)13-12-18-10-11-22(33-4)23(14-18)34-5/h6-11,14H,12-13,15-16H2,1-5H3. The molecule has 1 heterocycles. The zero-order valence-electron chi connectivity index (χ0n) is 20.6. The molecule has 7 nitrogen and oxygen atoms in total. The van der Waals surface area contributed by atoms with Crippen LogP contribution in [0.4, 0.5) is 4.39 Å². The quantitative estimate of drug-likeness (QED) is 0.313. The van der Waals surface area contributed by atoms with Crippen LogP contribution in [0.25, 0.3) is 0 Å². The first-order valence-corrected chi connectivity index (χ1v) is 12.1. The van der Waals surface area contributed by atoms with Crippen LogP contribution in [0.2, 0.25) is 0 Å². The average Bonchev–Trinajstić information content (AvgIpc) is 2.86. The number of benzene rings is 2. The van der Waals surface area contributed by atoms with E-state index in [0.29, 0.717) is 46.4 Å². The summed E-state index contributed by atoms with van der Waals surface area (Å²) in [5, 5.41) is 0.450. The summed E-state index contributed by atoms with van der Waals surface area (Å²) >= 11 is 1.21. The Labute approximate surface area is 208 Å². The third-order valence-corrected chi connectivity index (χ3v) is 6.82. The molecule has 35 heavy (non-hydrogen) atoms. The van der Waals surface area contributed by atoms with Gasteiger partial charge in [-0.05, 0) is 42.7 Å². The van der Waals surface area contributed by atoms with Gasteiger partial charge in [0.2, 0.25) is 5.91 Å². The molecule has 3 rings (SSSR count). The molecule has 0 bridgehead atoms. The molecule has 0 atom stereocenters. The number of thioether (sulfide) groups is 1. The molecule has 0 fully saturated rings. The van der Waals surface area contributed by atoms with Crippen LogP contribution in [0, 0.1) is 12.7 Å². The lowest BCUT2D eigenvalue weighted by atomic mass is 10.0. The van der Waals surface area contributed by atoms with E-state index >= 15 is 0 Å². The zero-order valence-corrected chi connectivity index (χ0v) is 21.4. The average molecular weight is 500 g/mol. The molecule has 0 saturated heterocycles. The van der Waals surface area contributed by atoms with Gasteiger partial charge in [0.05, 0.1) is 20.0 Å². The Bertz CT molecular complexity index is 1260. The number of aromatic nitrogens is 2. The maximum atomic E-state index is 14.1. The fourth-order valence-corrected chi connectivity index (χ4v) is 4.54. The van der Waals surface area contributed by atoms with Crippen molar-refractivity contribution in [1.82, 2.24) is 14.5 Å². The Kier molecular flexibility index (Phi) is 8.92. The second-order valence-corrected chi connectivity index (χ2v) is 9.08. The van der Waals surface area contributed by atoms with Crippen molar-refractivity contribution in [2.45, 2.75) is 24.9 Å². The molecule has 3 aromatic rings. The van der Waals surface area contributed by atoms with Crippen molar-refractivity contribution >= 4 is 17.7 Å². The van der Waals surface area contributed by atoms with Crippen molar-refractivity contribution in [3.63, 3.8) is 0 Å². The SMILES string of the molecule is COc1ccc(CCN(C)C(=O)CSc2nc(C)c(Cc3ccccc3F)c(=O)n2C)cc1OC. The van der Waals surface area contributed by atoms with E-state index in [-0.39, 0.29) is 29.5 Å². The van der Waals surface area contributed by atoms with Gasteiger partial charge in [-0.2, -0.15) is 0 Å². The number of likely N-dealkylation sites (N-methyl/N-ethyl adjacent to an activating group) is 1. The molecule has 9 heteroatoms. The number of hydrogen-bond acceptors (Lipinski definition) is 6. The molecular weight excluding hydrogens is 469 g/mol. The van der Waals surface area contributed by atoms with Crippen LogP contribution in [0.15, 0.2) is 52.4 Å². The molecule has 186 valence electrons. The number of methoxy groups -OCH3 is 2. The van der Waals surface area contributed by atoms with E-state index in [1.807, 2.05) is 18.2 Å². The van der Waals surface area contributed by atoms with E-state index < -0.39 is 0 Å². The normalized spacial score (nSPS) is 10.8. The molecule has 0 aliphatic rings. The predicted octanol–water partition coefficient (Wildman–Crippen LogP) is 3.63. The fraction of sp³-hybridized carbons (Fsp3) is 0.346. The Balaban J connectivity index is 1.62. The van der Waals surface area contributed by atoms with Crippen molar-refractivity contribution in [2.24, 2.45) is 7.05 Å². The van der Waals surface area contributed by atoms with Gasteiger partial charge in [0.15, 0.2) is 16.7 Å². The van der Waals surface area contributed by atoms with Gasteiger partial charge in [-0.3, -0.25) is 14.2 Å². The maximum absolute atomic E-state index is 14.1. The second kappa shape index (κ2) is 11.9. The van der Waals surface area contributed by atoms with E-state index in [9.17, 15) is 14.0 Å². The minimum Gasteiger partial charge on any atom is -0.493 e. The largest absolute Gasteiger partial charge is 0.493 e. The lowest BCUT2D eigenvalue weighted by Crippen LogP contribution is -2.31. The van der Waals surface area contributed by atoms with Crippen molar-refractivity contribution in [3.8, 4) is 11.5 Å². The highest BCUT2D eigenvalue weighted by molar-refractivity contribution is 7.99. The molecular formula is C26H30FN3O4S. The zero-order chi connectivity index (χ0) is 25.5. The molecule has 0 N–H and O–H groups in total. The number of carbonyl (C=O) groups is 1. The van der Waals surface area contributed by atoms with Crippen molar-refractivity contribution in [1.29, 1.82) is 0 Å². The summed E-state index contributed by atoms with van der Waals surface area (Å²) in [5.41, 5.74) is 2.22. The number of carbonyl (C=O) groups excluding carboxylic acids is 1. The van der Waals surface area contributed by atoms with E-state index in [1.165, 1.54) is 22.4 Å². The van der Waals surface area contributed by atoms with E-state index in [4.69, 9.17) is 9.47 Å². The molecule has 0 aliphatic heterocycles. The van der Waals surface area contributed by atoms with Gasteiger partial charge in [0.1, 0.15) is 5.82 Å². The minimum absolute atomic E-state index is 0.0715. The number of nitrogens with zero attached hydrogens (tertiary/aromatic N) is 3. The Morgan fingerprint density at radius 3 is 2.54 bits per heavy atom. The first kappa shape index (κ1) is 26.3. The summed E-state index contributed by atoms with van der Waals surface area (Å²) in [6.45, 7) is 2.26. The van der Waals surface area contributed by atoms with Crippen LogP contribution in [0.5, 0.6) is 11.5 Å². The maximum Gasteiger partial charge on any atom is 0.257 e. The number of amides is 1. The summed E-state index contributed by atoms with van der Waals surface area (Å²) < 4.78 is 26.1. The molecule has 0 aliphatic carbocycles. The minimum atomic E-state index is -0.353. The van der Waals surface area contributed by atoms with Crippen LogP contribution < -0.4 is 15.0 Å². The highest BCUT2D eigenvalue weighted by atomic mass is 32.2. The van der Waals surface area contributed by atoms with Crippen molar-refractivity contribution in [3.05, 3.63) is 81.0 Å². The monoisotopic (exact) mass is 499 g/mol. The van der Waals surface area contributed by atoms with Gasteiger partial charge < -0.3 is 14.4 Å². The molecule has 1 amide bonds. The number of rotatable bonds is 10. The topological polar surface area (TPSA) is 73.7 Å².